The van der Waals surface area contributed by atoms with Crippen LogP contribution in [0.25, 0.3) is 0 Å². The second-order valence-corrected chi connectivity index (χ2v) is 20.1. The summed E-state index contributed by atoms with van der Waals surface area (Å²) in [7, 11) is 7.28. The number of cyclic esters (lactones) is 5. The molecule has 0 saturated carbocycles. The van der Waals surface area contributed by atoms with Gasteiger partial charge in [0.2, 0.25) is 0 Å². The van der Waals surface area contributed by atoms with Gasteiger partial charge in [0.05, 0.1) is 0 Å². The lowest BCUT2D eigenvalue weighted by atomic mass is 9.98. The Hall–Kier alpha value is -5.84. The summed E-state index contributed by atoms with van der Waals surface area (Å²) in [6, 6.07) is 12.2. The third-order valence-corrected chi connectivity index (χ3v) is 12.3. The fraction of sp³-hybridized carbons (Fsp3) is 0.623. The topological polar surface area (TPSA) is 191 Å². The Morgan fingerprint density at radius 2 is 0.871 bits per heavy atom. The highest BCUT2D eigenvalue weighted by Crippen LogP contribution is 2.25. The SMILES string of the molecule is CO/N=C1\[C@H](C)OC(=O)[C@@H](CC(C)C)N(C)[C@H](Cc2ccccc2)C(=O)OC(=O)[C@@H](CC(C)C)N(C)C(=O)[C@H](C)OC(=O)[C@@H](CC(C)C)N(C)C(=O)[C@H](Cc2ccccc2)OC(=O)[C@@H](CC(C)C)N1C. The van der Waals surface area contributed by atoms with Crippen molar-refractivity contribution in [3.63, 3.8) is 0 Å². The molecule has 0 aromatic heterocycles. The minimum atomic E-state index is -1.45. The van der Waals surface area contributed by atoms with E-state index in [1.807, 2.05) is 79.7 Å². The Morgan fingerprint density at radius 1 is 0.486 bits per heavy atom. The van der Waals surface area contributed by atoms with Crippen LogP contribution in [0.5, 0.6) is 0 Å². The summed E-state index contributed by atoms with van der Waals surface area (Å²) in [6.45, 7) is 18.0. The largest absolute Gasteiger partial charge is 0.453 e. The normalized spacial score (nSPS) is 25.6. The smallest absolute Gasteiger partial charge is 0.336 e. The van der Waals surface area contributed by atoms with Crippen molar-refractivity contribution in [2.75, 3.05) is 35.3 Å². The van der Waals surface area contributed by atoms with E-state index >= 15 is 0 Å². The van der Waals surface area contributed by atoms with E-state index < -0.39 is 90.2 Å². The van der Waals surface area contributed by atoms with Crippen molar-refractivity contribution in [1.82, 2.24) is 19.6 Å². The number of benzene rings is 2. The van der Waals surface area contributed by atoms with Crippen LogP contribution in [-0.4, -0.2) is 151 Å². The van der Waals surface area contributed by atoms with Crippen LogP contribution in [0.15, 0.2) is 65.8 Å². The van der Waals surface area contributed by atoms with Crippen molar-refractivity contribution in [3.8, 4) is 0 Å². The zero-order valence-electron chi connectivity index (χ0n) is 44.1. The molecular weight excluding hydrogens is 899 g/mol. The number of carbonyl (C=O) groups excluding carboxylic acids is 7. The fourth-order valence-corrected chi connectivity index (χ4v) is 8.47. The van der Waals surface area contributed by atoms with Gasteiger partial charge in [0.1, 0.15) is 37.3 Å². The third kappa shape index (κ3) is 16.9. The number of amides is 2. The molecule has 388 valence electrons. The van der Waals surface area contributed by atoms with Crippen LogP contribution >= 0.6 is 0 Å². The molecule has 2 aromatic carbocycles. The third-order valence-electron chi connectivity index (χ3n) is 12.3. The van der Waals surface area contributed by atoms with Gasteiger partial charge in [-0.15, -0.1) is 0 Å². The molecular formula is C53H79N5O12. The van der Waals surface area contributed by atoms with Gasteiger partial charge in [0, 0.05) is 27.6 Å². The van der Waals surface area contributed by atoms with Crippen molar-refractivity contribution in [1.29, 1.82) is 0 Å². The van der Waals surface area contributed by atoms with Crippen LogP contribution in [0.1, 0.15) is 106 Å². The van der Waals surface area contributed by atoms with Gasteiger partial charge in [-0.3, -0.25) is 19.3 Å². The fourth-order valence-electron chi connectivity index (χ4n) is 8.47. The summed E-state index contributed by atoms with van der Waals surface area (Å²) in [5.74, 6) is -6.25. The first-order chi connectivity index (χ1) is 32.9. The van der Waals surface area contributed by atoms with Gasteiger partial charge in [-0.1, -0.05) is 121 Å². The van der Waals surface area contributed by atoms with Crippen LogP contribution in [0, 0.1) is 23.7 Å². The molecule has 8 atom stereocenters. The average Bonchev–Trinajstić information content (AvgIpc) is 3.30. The Kier molecular flexibility index (Phi) is 23.0. The Bertz CT molecular complexity index is 2080. The Labute approximate surface area is 415 Å². The van der Waals surface area contributed by atoms with Gasteiger partial charge in [-0.05, 0) is 87.8 Å². The average molecular weight is 978 g/mol. The van der Waals surface area contributed by atoms with Crippen LogP contribution < -0.4 is 0 Å². The van der Waals surface area contributed by atoms with Crippen molar-refractivity contribution in [3.05, 3.63) is 71.8 Å². The molecule has 0 unspecified atom stereocenters. The minimum absolute atomic E-state index is 0.0371. The molecule has 17 nitrogen and oxygen atoms in total. The number of hydrogen-bond donors (Lipinski definition) is 0. The predicted octanol–water partition coefficient (Wildman–Crippen LogP) is 6.10. The maximum atomic E-state index is 14.7. The number of carbonyl (C=O) groups is 7. The molecule has 0 N–H and O–H groups in total. The van der Waals surface area contributed by atoms with Crippen molar-refractivity contribution in [2.24, 2.45) is 28.8 Å². The van der Waals surface area contributed by atoms with E-state index in [1.54, 1.807) is 57.4 Å². The molecule has 1 saturated heterocycles. The lowest BCUT2D eigenvalue weighted by molar-refractivity contribution is -0.174. The summed E-state index contributed by atoms with van der Waals surface area (Å²) in [5.41, 5.74) is 1.40. The van der Waals surface area contributed by atoms with Crippen molar-refractivity contribution in [2.45, 2.75) is 156 Å². The number of ether oxygens (including phenoxy) is 4. The van der Waals surface area contributed by atoms with Crippen LogP contribution in [0.3, 0.4) is 0 Å². The van der Waals surface area contributed by atoms with E-state index in [4.69, 9.17) is 23.8 Å². The van der Waals surface area contributed by atoms with Crippen molar-refractivity contribution >= 4 is 47.5 Å². The van der Waals surface area contributed by atoms with Crippen molar-refractivity contribution < 1.29 is 57.3 Å². The lowest BCUT2D eigenvalue weighted by Crippen LogP contribution is -2.55. The van der Waals surface area contributed by atoms with E-state index in [0.717, 1.165) is 10.5 Å². The highest BCUT2D eigenvalue weighted by atomic mass is 16.6. The summed E-state index contributed by atoms with van der Waals surface area (Å²) >= 11 is 0. The Morgan fingerprint density at radius 3 is 1.36 bits per heavy atom. The first-order valence-electron chi connectivity index (χ1n) is 24.4. The molecule has 1 fully saturated rings. The molecule has 3 rings (SSSR count). The zero-order chi connectivity index (χ0) is 52.6. The number of hydrogen-bond acceptors (Lipinski definition) is 14. The maximum Gasteiger partial charge on any atom is 0.336 e. The molecule has 0 radical (unpaired) electrons. The second-order valence-electron chi connectivity index (χ2n) is 20.1. The minimum Gasteiger partial charge on any atom is -0.453 e. The summed E-state index contributed by atoms with van der Waals surface area (Å²) in [4.78, 5) is 112. The van der Waals surface area contributed by atoms with Gasteiger partial charge in [0.15, 0.2) is 24.1 Å². The standard InChI is InChI=1S/C53H79N5O12/c1-32(2)26-40-49(61)67-36(9)46(54-66-15)56(12)41(27-33(3)4)51(63)69-45(31-39-24-20-17-21-25-39)48(60)58(14)42(28-34(5)6)50(62)68-37(10)47(59)57(13)43(29-35(7)8)52(64)70-53(65)44(55(40)11)30-38-22-18-16-19-23-38/h16-25,32-37,40-45H,26-31H2,1-15H3/b54-46+/t36-,37-,40+,41+,42+,43+,44+,45-/m0/s1. The summed E-state index contributed by atoms with van der Waals surface area (Å²) < 4.78 is 23.9. The van der Waals surface area contributed by atoms with E-state index in [9.17, 15) is 33.6 Å². The quantitative estimate of drug-likeness (QED) is 0.0969. The monoisotopic (exact) mass is 978 g/mol. The predicted molar refractivity (Wildman–Crippen MR) is 265 cm³/mol. The van der Waals surface area contributed by atoms with E-state index in [2.05, 4.69) is 5.16 Å². The van der Waals surface area contributed by atoms with Crippen LogP contribution in [0.4, 0.5) is 0 Å². The Balaban J connectivity index is 2.30. The molecule has 0 aliphatic carbocycles. The molecule has 17 heteroatoms. The van der Waals surface area contributed by atoms with Gasteiger partial charge < -0.3 is 38.5 Å². The molecule has 1 aliphatic heterocycles. The maximum absolute atomic E-state index is 14.7. The molecule has 0 spiro atoms. The van der Waals surface area contributed by atoms with Gasteiger partial charge in [-0.25, -0.2) is 19.2 Å². The van der Waals surface area contributed by atoms with Gasteiger partial charge in [-0.2, -0.15) is 0 Å². The first kappa shape index (κ1) is 58.5. The zero-order valence-corrected chi connectivity index (χ0v) is 44.1. The number of rotatable bonds is 13. The van der Waals surface area contributed by atoms with E-state index in [0.29, 0.717) is 5.56 Å². The second kappa shape index (κ2) is 27.5. The number of likely N-dealkylation sites (N-methyl/N-ethyl adjacent to an activating group) is 4. The van der Waals surface area contributed by atoms with Crippen LogP contribution in [-0.2, 0) is 70.2 Å². The number of esters is 5. The summed E-state index contributed by atoms with van der Waals surface area (Å²) in [5, 5.41) is 4.24. The highest BCUT2D eigenvalue weighted by molar-refractivity contribution is 5.96. The van der Waals surface area contributed by atoms with Gasteiger partial charge >= 0.3 is 29.8 Å². The molecule has 2 amide bonds. The number of nitrogens with zero attached hydrogens (tertiary/aromatic N) is 5. The number of amidine groups is 1. The molecule has 1 heterocycles. The van der Waals surface area contributed by atoms with Gasteiger partial charge in [0.25, 0.3) is 11.8 Å². The van der Waals surface area contributed by atoms with Crippen LogP contribution in [0.2, 0.25) is 0 Å². The number of oxime groups is 1. The summed E-state index contributed by atoms with van der Waals surface area (Å²) in [6.07, 6.45) is -3.39. The highest BCUT2D eigenvalue weighted by Gasteiger charge is 2.43. The lowest BCUT2D eigenvalue weighted by Gasteiger charge is -2.36. The molecule has 2 aromatic rings. The molecule has 0 bridgehead atoms. The molecule has 1 aliphatic rings. The van der Waals surface area contributed by atoms with E-state index in [-0.39, 0.29) is 68.0 Å². The van der Waals surface area contributed by atoms with E-state index in [1.165, 1.54) is 42.8 Å². The molecule has 70 heavy (non-hydrogen) atoms. The first-order valence-corrected chi connectivity index (χ1v) is 24.4.